The molecular weight excluding hydrogens is 416 g/mol. The Morgan fingerprint density at radius 1 is 1.16 bits per heavy atom. The lowest BCUT2D eigenvalue weighted by Crippen LogP contribution is -2.46. The van der Waals surface area contributed by atoms with Crippen LogP contribution in [0.4, 0.5) is 5.82 Å². The molecule has 1 amide bonds. The van der Waals surface area contributed by atoms with Crippen LogP contribution in [0.5, 0.6) is 5.88 Å². The van der Waals surface area contributed by atoms with Crippen LogP contribution in [-0.4, -0.2) is 72.7 Å². The van der Waals surface area contributed by atoms with Gasteiger partial charge in [-0.25, -0.2) is 19.7 Å². The van der Waals surface area contributed by atoms with Gasteiger partial charge in [0.2, 0.25) is 5.91 Å². The molecule has 0 aromatic carbocycles. The molecule has 1 fully saturated rings. The highest BCUT2D eigenvalue weighted by Crippen LogP contribution is 2.24. The molecule has 1 atom stereocenters. The number of hydrogen-bond acceptors (Lipinski definition) is 8. The highest BCUT2D eigenvalue weighted by atomic mass is 16.5. The first-order valence-electron chi connectivity index (χ1n) is 10.3. The molecule has 12 nitrogen and oxygen atoms in total. The molecular formula is C20H26N8O4. The predicted molar refractivity (Wildman–Crippen MR) is 117 cm³/mol. The van der Waals surface area contributed by atoms with Crippen LogP contribution in [0.1, 0.15) is 12.8 Å². The number of fused-ring (bicyclic) bond motifs is 1. The van der Waals surface area contributed by atoms with Crippen LogP contribution in [-0.2, 0) is 25.4 Å². The summed E-state index contributed by atoms with van der Waals surface area (Å²) >= 11 is 0. The fourth-order valence-corrected chi connectivity index (χ4v) is 3.89. The topological polar surface area (TPSA) is 120 Å². The Kier molecular flexibility index (Phi) is 5.68. The lowest BCUT2D eigenvalue weighted by Gasteiger charge is -2.33. The fraction of sp³-hybridized carbons (Fsp3) is 0.500. The average Bonchev–Trinajstić information content (AvgIpc) is 3.20. The minimum Gasteiger partial charge on any atom is -0.470 e. The normalized spacial score (nSPS) is 16.4. The van der Waals surface area contributed by atoms with E-state index in [-0.39, 0.29) is 29.7 Å². The van der Waals surface area contributed by atoms with E-state index in [0.717, 1.165) is 17.4 Å². The molecule has 1 aliphatic rings. The largest absolute Gasteiger partial charge is 0.470 e. The Hall–Kier alpha value is -3.70. The van der Waals surface area contributed by atoms with Gasteiger partial charge in [0.15, 0.2) is 17.0 Å². The highest BCUT2D eigenvalue weighted by Gasteiger charge is 2.27. The van der Waals surface area contributed by atoms with Gasteiger partial charge in [-0.3, -0.25) is 18.7 Å². The SMILES string of the molecule is CN(C)c1nccnc1OC1CCCN(C(=O)Cn2cnc3c2c(=O)n(C)c(=O)n3C)C1. The number of aromatic nitrogens is 6. The number of nitrogens with zero attached hydrogens (tertiary/aromatic N) is 8. The van der Waals surface area contributed by atoms with Gasteiger partial charge < -0.3 is 19.1 Å². The monoisotopic (exact) mass is 442 g/mol. The number of carbonyl (C=O) groups is 1. The Morgan fingerprint density at radius 2 is 1.91 bits per heavy atom. The molecule has 0 aliphatic carbocycles. The van der Waals surface area contributed by atoms with E-state index in [9.17, 15) is 14.4 Å². The quantitative estimate of drug-likeness (QED) is 0.512. The number of rotatable bonds is 5. The summed E-state index contributed by atoms with van der Waals surface area (Å²) in [5.41, 5.74) is -0.462. The zero-order valence-electron chi connectivity index (χ0n) is 18.6. The molecule has 1 saturated heterocycles. The molecule has 0 spiro atoms. The maximum atomic E-state index is 13.0. The Balaban J connectivity index is 1.51. The van der Waals surface area contributed by atoms with E-state index in [1.165, 1.54) is 22.5 Å². The third kappa shape index (κ3) is 3.83. The number of hydrogen-bond donors (Lipinski definition) is 0. The van der Waals surface area contributed by atoms with E-state index in [1.807, 2.05) is 19.0 Å². The van der Waals surface area contributed by atoms with E-state index in [1.54, 1.807) is 24.3 Å². The number of aryl methyl sites for hydroxylation is 1. The van der Waals surface area contributed by atoms with Crippen molar-refractivity contribution in [1.29, 1.82) is 0 Å². The minimum absolute atomic E-state index is 0.0508. The summed E-state index contributed by atoms with van der Waals surface area (Å²) in [6.07, 6.45) is 5.97. The molecule has 0 saturated carbocycles. The molecule has 4 heterocycles. The molecule has 4 rings (SSSR count). The number of carbonyl (C=O) groups excluding carboxylic acids is 1. The Bertz CT molecular complexity index is 1270. The number of likely N-dealkylation sites (tertiary alicyclic amines) is 1. The van der Waals surface area contributed by atoms with Crippen LogP contribution < -0.4 is 20.9 Å². The molecule has 1 unspecified atom stereocenters. The fourth-order valence-electron chi connectivity index (χ4n) is 3.89. The molecule has 0 radical (unpaired) electrons. The second-order valence-corrected chi connectivity index (χ2v) is 8.05. The molecule has 32 heavy (non-hydrogen) atoms. The molecule has 170 valence electrons. The van der Waals surface area contributed by atoms with Crippen molar-refractivity contribution in [2.45, 2.75) is 25.5 Å². The highest BCUT2D eigenvalue weighted by molar-refractivity contribution is 5.79. The van der Waals surface area contributed by atoms with Gasteiger partial charge >= 0.3 is 5.69 Å². The standard InChI is InChI=1S/C20H26N8O4/c1-24(2)17-18(22-8-7-21-17)32-13-6-5-9-27(10-13)14(29)11-28-12-23-16-15(28)19(30)26(4)20(31)25(16)3/h7-8,12-13H,5-6,9-11H2,1-4H3. The van der Waals surface area contributed by atoms with Gasteiger partial charge in [-0.2, -0.15) is 0 Å². The summed E-state index contributed by atoms with van der Waals surface area (Å²) in [5.74, 6) is 0.907. The molecule has 3 aromatic heterocycles. The van der Waals surface area contributed by atoms with Crippen molar-refractivity contribution >= 4 is 22.9 Å². The van der Waals surface area contributed by atoms with Gasteiger partial charge in [0.05, 0.1) is 12.9 Å². The second kappa shape index (κ2) is 8.44. The summed E-state index contributed by atoms with van der Waals surface area (Å²) in [6, 6.07) is 0. The summed E-state index contributed by atoms with van der Waals surface area (Å²) in [7, 11) is 6.68. The van der Waals surface area contributed by atoms with E-state index in [0.29, 0.717) is 24.8 Å². The first-order chi connectivity index (χ1) is 15.3. The van der Waals surface area contributed by atoms with Crippen LogP contribution in [0.2, 0.25) is 0 Å². The van der Waals surface area contributed by atoms with Crippen molar-refractivity contribution < 1.29 is 9.53 Å². The predicted octanol–water partition coefficient (Wildman–Crippen LogP) is -0.640. The van der Waals surface area contributed by atoms with Crippen molar-refractivity contribution in [2.24, 2.45) is 14.1 Å². The number of ether oxygens (including phenoxy) is 1. The summed E-state index contributed by atoms with van der Waals surface area (Å²) < 4.78 is 9.88. The molecule has 3 aromatic rings. The van der Waals surface area contributed by atoms with Crippen LogP contribution in [0.3, 0.4) is 0 Å². The third-order valence-electron chi connectivity index (χ3n) is 5.60. The van der Waals surface area contributed by atoms with Crippen LogP contribution in [0.25, 0.3) is 11.2 Å². The maximum Gasteiger partial charge on any atom is 0.332 e. The zero-order chi connectivity index (χ0) is 23.0. The maximum absolute atomic E-state index is 13.0. The van der Waals surface area contributed by atoms with Gasteiger partial charge in [-0.15, -0.1) is 0 Å². The summed E-state index contributed by atoms with van der Waals surface area (Å²) in [4.78, 5) is 54.1. The van der Waals surface area contributed by atoms with E-state index in [2.05, 4.69) is 15.0 Å². The molecule has 0 bridgehead atoms. The third-order valence-corrected chi connectivity index (χ3v) is 5.60. The average molecular weight is 442 g/mol. The zero-order valence-corrected chi connectivity index (χ0v) is 18.6. The van der Waals surface area contributed by atoms with Crippen LogP contribution in [0.15, 0.2) is 28.3 Å². The van der Waals surface area contributed by atoms with Crippen LogP contribution >= 0.6 is 0 Å². The van der Waals surface area contributed by atoms with Gasteiger partial charge in [0.1, 0.15) is 12.6 Å². The first-order valence-corrected chi connectivity index (χ1v) is 10.3. The molecule has 12 heteroatoms. The van der Waals surface area contributed by atoms with Gasteiger partial charge in [-0.1, -0.05) is 0 Å². The van der Waals surface area contributed by atoms with Crippen LogP contribution in [0, 0.1) is 0 Å². The van der Waals surface area contributed by atoms with E-state index < -0.39 is 11.2 Å². The summed E-state index contributed by atoms with van der Waals surface area (Å²) in [5, 5.41) is 0. The number of amides is 1. The van der Waals surface area contributed by atoms with E-state index >= 15 is 0 Å². The molecule has 0 N–H and O–H groups in total. The van der Waals surface area contributed by atoms with Gasteiger partial charge in [-0.05, 0) is 12.8 Å². The van der Waals surface area contributed by atoms with Gasteiger partial charge in [0.25, 0.3) is 11.4 Å². The number of piperidine rings is 1. The van der Waals surface area contributed by atoms with Gasteiger partial charge in [0, 0.05) is 47.1 Å². The van der Waals surface area contributed by atoms with Crippen molar-refractivity contribution in [2.75, 3.05) is 32.1 Å². The van der Waals surface area contributed by atoms with Crippen molar-refractivity contribution in [3.63, 3.8) is 0 Å². The minimum atomic E-state index is -0.480. The van der Waals surface area contributed by atoms with Crippen molar-refractivity contribution in [1.82, 2.24) is 33.6 Å². The molecule has 1 aliphatic heterocycles. The Labute approximate surface area is 183 Å². The second-order valence-electron chi connectivity index (χ2n) is 8.05. The summed E-state index contributed by atoms with van der Waals surface area (Å²) in [6.45, 7) is 0.957. The lowest BCUT2D eigenvalue weighted by molar-refractivity contribution is -0.134. The smallest absolute Gasteiger partial charge is 0.332 e. The first kappa shape index (κ1) is 21.5. The number of anilines is 1. The lowest BCUT2D eigenvalue weighted by atomic mass is 10.1. The van der Waals surface area contributed by atoms with Crippen molar-refractivity contribution in [3.8, 4) is 5.88 Å². The van der Waals surface area contributed by atoms with E-state index in [4.69, 9.17) is 4.74 Å². The number of imidazole rings is 1. The van der Waals surface area contributed by atoms with Crippen molar-refractivity contribution in [3.05, 3.63) is 39.6 Å². The Morgan fingerprint density at radius 3 is 2.66 bits per heavy atom.